The molecule has 4 heteroatoms. The first kappa shape index (κ1) is 10.9. The molecule has 0 aromatic heterocycles. The number of hydrogen-bond acceptors (Lipinski definition) is 3. The van der Waals surface area contributed by atoms with Crippen LogP contribution in [0.2, 0.25) is 0 Å². The molecule has 1 aromatic carbocycles. The van der Waals surface area contributed by atoms with Crippen LogP contribution in [0.25, 0.3) is 0 Å². The highest BCUT2D eigenvalue weighted by molar-refractivity contribution is 5.46. The van der Waals surface area contributed by atoms with Crippen LogP contribution in [0, 0.1) is 17.1 Å². The molecule has 2 rings (SSSR count). The fourth-order valence-electron chi connectivity index (χ4n) is 1.94. The SMILES string of the molecule is N#CCN1CCN(c2cccc(F)c2)CC1. The number of rotatable bonds is 2. The van der Waals surface area contributed by atoms with E-state index in [4.69, 9.17) is 5.26 Å². The van der Waals surface area contributed by atoms with Crippen LogP contribution in [-0.4, -0.2) is 37.6 Å². The van der Waals surface area contributed by atoms with E-state index in [9.17, 15) is 4.39 Å². The van der Waals surface area contributed by atoms with E-state index < -0.39 is 0 Å². The van der Waals surface area contributed by atoms with Gasteiger partial charge in [0.05, 0.1) is 12.6 Å². The molecular weight excluding hydrogens is 205 g/mol. The van der Waals surface area contributed by atoms with E-state index in [1.807, 2.05) is 6.07 Å². The number of piperazine rings is 1. The molecular formula is C12H14FN3. The van der Waals surface area contributed by atoms with Crippen molar-refractivity contribution < 1.29 is 4.39 Å². The van der Waals surface area contributed by atoms with Crippen molar-refractivity contribution in [3.05, 3.63) is 30.1 Å². The van der Waals surface area contributed by atoms with Gasteiger partial charge in [-0.1, -0.05) is 6.07 Å². The van der Waals surface area contributed by atoms with E-state index in [1.165, 1.54) is 6.07 Å². The Kier molecular flexibility index (Phi) is 3.37. The van der Waals surface area contributed by atoms with E-state index in [0.717, 1.165) is 31.9 Å². The van der Waals surface area contributed by atoms with Crippen molar-refractivity contribution >= 4 is 5.69 Å². The second kappa shape index (κ2) is 4.95. The molecule has 1 aromatic rings. The summed E-state index contributed by atoms with van der Waals surface area (Å²) < 4.78 is 13.0. The minimum absolute atomic E-state index is 0.197. The Morgan fingerprint density at radius 3 is 2.62 bits per heavy atom. The summed E-state index contributed by atoms with van der Waals surface area (Å²) in [7, 11) is 0. The van der Waals surface area contributed by atoms with Gasteiger partial charge in [-0.3, -0.25) is 4.90 Å². The number of nitrogens with zero attached hydrogens (tertiary/aromatic N) is 3. The number of nitriles is 1. The highest BCUT2D eigenvalue weighted by atomic mass is 19.1. The van der Waals surface area contributed by atoms with Gasteiger partial charge in [-0.25, -0.2) is 4.39 Å². The van der Waals surface area contributed by atoms with Crippen molar-refractivity contribution in [2.75, 3.05) is 37.6 Å². The molecule has 0 unspecified atom stereocenters. The van der Waals surface area contributed by atoms with Gasteiger partial charge in [-0.2, -0.15) is 5.26 Å². The van der Waals surface area contributed by atoms with Gasteiger partial charge in [-0.15, -0.1) is 0 Å². The van der Waals surface area contributed by atoms with Crippen molar-refractivity contribution in [2.45, 2.75) is 0 Å². The molecule has 1 aliphatic heterocycles. The van der Waals surface area contributed by atoms with E-state index in [0.29, 0.717) is 6.54 Å². The van der Waals surface area contributed by atoms with E-state index in [1.54, 1.807) is 12.1 Å². The summed E-state index contributed by atoms with van der Waals surface area (Å²) in [6.45, 7) is 3.92. The van der Waals surface area contributed by atoms with Gasteiger partial charge in [0.2, 0.25) is 0 Å². The van der Waals surface area contributed by atoms with E-state index >= 15 is 0 Å². The fourth-order valence-corrected chi connectivity index (χ4v) is 1.94. The highest BCUT2D eigenvalue weighted by Crippen LogP contribution is 2.17. The lowest BCUT2D eigenvalue weighted by Crippen LogP contribution is -2.46. The number of halogens is 1. The second-order valence-corrected chi connectivity index (χ2v) is 3.90. The number of hydrogen-bond donors (Lipinski definition) is 0. The largest absolute Gasteiger partial charge is 0.369 e. The zero-order valence-electron chi connectivity index (χ0n) is 9.06. The summed E-state index contributed by atoms with van der Waals surface area (Å²) in [5.74, 6) is -0.197. The average molecular weight is 219 g/mol. The van der Waals surface area contributed by atoms with Crippen LogP contribution in [0.1, 0.15) is 0 Å². The maximum absolute atomic E-state index is 13.0. The first-order chi connectivity index (χ1) is 7.79. The molecule has 84 valence electrons. The van der Waals surface area contributed by atoms with Crippen LogP contribution >= 0.6 is 0 Å². The molecule has 0 bridgehead atoms. The van der Waals surface area contributed by atoms with Crippen LogP contribution in [0.5, 0.6) is 0 Å². The van der Waals surface area contributed by atoms with Gasteiger partial charge in [0.1, 0.15) is 5.82 Å². The topological polar surface area (TPSA) is 30.3 Å². The first-order valence-corrected chi connectivity index (χ1v) is 5.39. The summed E-state index contributed by atoms with van der Waals surface area (Å²) >= 11 is 0. The summed E-state index contributed by atoms with van der Waals surface area (Å²) in [5.41, 5.74) is 0.927. The molecule has 16 heavy (non-hydrogen) atoms. The third kappa shape index (κ3) is 2.50. The van der Waals surface area contributed by atoms with Crippen LogP contribution in [0.3, 0.4) is 0 Å². The van der Waals surface area contributed by atoms with Gasteiger partial charge >= 0.3 is 0 Å². The molecule has 3 nitrogen and oxygen atoms in total. The zero-order valence-corrected chi connectivity index (χ0v) is 9.06. The normalized spacial score (nSPS) is 17.1. The highest BCUT2D eigenvalue weighted by Gasteiger charge is 2.16. The van der Waals surface area contributed by atoms with Gasteiger partial charge < -0.3 is 4.90 Å². The summed E-state index contributed by atoms with van der Waals surface area (Å²) in [6, 6.07) is 8.81. The van der Waals surface area contributed by atoms with Gasteiger partial charge in [0.25, 0.3) is 0 Å². The summed E-state index contributed by atoms with van der Waals surface area (Å²) in [5, 5.41) is 8.58. The molecule has 1 fully saturated rings. The van der Waals surface area contributed by atoms with Crippen molar-refractivity contribution in [3.8, 4) is 6.07 Å². The summed E-state index contributed by atoms with van der Waals surface area (Å²) in [4.78, 5) is 4.26. The molecule has 0 saturated carbocycles. The summed E-state index contributed by atoms with van der Waals surface area (Å²) in [6.07, 6.45) is 0. The quantitative estimate of drug-likeness (QED) is 0.706. The van der Waals surface area contributed by atoms with E-state index in [-0.39, 0.29) is 5.82 Å². The van der Waals surface area contributed by atoms with E-state index in [2.05, 4.69) is 15.9 Å². The second-order valence-electron chi connectivity index (χ2n) is 3.90. The Labute approximate surface area is 94.7 Å². The van der Waals surface area contributed by atoms with Gasteiger partial charge in [-0.05, 0) is 18.2 Å². The number of benzene rings is 1. The predicted octanol–water partition coefficient (Wildman–Crippen LogP) is 1.47. The Hall–Kier alpha value is -1.60. The fraction of sp³-hybridized carbons (Fsp3) is 0.417. The third-order valence-electron chi connectivity index (χ3n) is 2.84. The third-order valence-corrected chi connectivity index (χ3v) is 2.84. The maximum atomic E-state index is 13.0. The lowest BCUT2D eigenvalue weighted by molar-refractivity contribution is 0.287. The van der Waals surface area contributed by atoms with Crippen molar-refractivity contribution in [1.29, 1.82) is 5.26 Å². The van der Waals surface area contributed by atoms with Crippen LogP contribution in [0.4, 0.5) is 10.1 Å². The molecule has 0 radical (unpaired) electrons. The smallest absolute Gasteiger partial charge is 0.125 e. The van der Waals surface area contributed by atoms with Crippen molar-refractivity contribution in [3.63, 3.8) is 0 Å². The average Bonchev–Trinajstić information content (AvgIpc) is 2.30. The van der Waals surface area contributed by atoms with Crippen LogP contribution in [-0.2, 0) is 0 Å². The molecule has 0 spiro atoms. The zero-order chi connectivity index (χ0) is 11.4. The maximum Gasteiger partial charge on any atom is 0.125 e. The van der Waals surface area contributed by atoms with Crippen molar-refractivity contribution in [2.24, 2.45) is 0 Å². The Bertz CT molecular complexity index is 391. The first-order valence-electron chi connectivity index (χ1n) is 5.39. The Balaban J connectivity index is 1.97. The molecule has 1 heterocycles. The molecule has 0 amide bonds. The lowest BCUT2D eigenvalue weighted by Gasteiger charge is -2.34. The van der Waals surface area contributed by atoms with Gasteiger partial charge in [0.15, 0.2) is 0 Å². The van der Waals surface area contributed by atoms with Crippen molar-refractivity contribution in [1.82, 2.24) is 4.90 Å². The Morgan fingerprint density at radius 2 is 2.00 bits per heavy atom. The Morgan fingerprint density at radius 1 is 1.25 bits per heavy atom. The predicted molar refractivity (Wildman–Crippen MR) is 60.7 cm³/mol. The molecule has 1 aliphatic rings. The monoisotopic (exact) mass is 219 g/mol. The molecule has 0 N–H and O–H groups in total. The van der Waals surface area contributed by atoms with Gasteiger partial charge in [0, 0.05) is 31.9 Å². The lowest BCUT2D eigenvalue weighted by atomic mass is 10.2. The molecule has 0 aliphatic carbocycles. The van der Waals surface area contributed by atoms with Crippen LogP contribution < -0.4 is 4.90 Å². The van der Waals surface area contributed by atoms with Crippen LogP contribution in [0.15, 0.2) is 24.3 Å². The molecule has 1 saturated heterocycles. The molecule has 0 atom stereocenters. The number of anilines is 1. The minimum atomic E-state index is -0.197. The standard InChI is InChI=1S/C12H14FN3/c13-11-2-1-3-12(10-11)16-8-6-15(5-4-14)7-9-16/h1-3,10H,5-9H2. The minimum Gasteiger partial charge on any atom is -0.369 e.